The van der Waals surface area contributed by atoms with E-state index in [1.807, 2.05) is 0 Å². The van der Waals surface area contributed by atoms with Gasteiger partial charge in [-0.15, -0.1) is 0 Å². The zero-order valence-corrected chi connectivity index (χ0v) is 9.69. The largest absolute Gasteiger partial charge is 0.464 e. The average Bonchev–Trinajstić information content (AvgIpc) is 2.59. The van der Waals surface area contributed by atoms with Crippen molar-refractivity contribution in [1.82, 2.24) is 0 Å². The molecule has 0 aliphatic carbocycles. The van der Waals surface area contributed by atoms with E-state index in [9.17, 15) is 16.8 Å². The molecule has 92 valence electrons. The summed E-state index contributed by atoms with van der Waals surface area (Å²) in [5, 5.41) is 0.0277. The van der Waals surface area contributed by atoms with Crippen LogP contribution in [0.25, 0.3) is 11.0 Å². The topological polar surface area (TPSA) is 122 Å². The minimum absolute atomic E-state index is 0.0277. The maximum absolute atomic E-state index is 11.1. The summed E-state index contributed by atoms with van der Waals surface area (Å²) >= 11 is 0. The maximum Gasteiger partial charge on any atom is 0.295 e. The highest BCUT2D eigenvalue weighted by atomic mass is 32.2. The van der Waals surface area contributed by atoms with Gasteiger partial charge in [-0.05, 0) is 12.1 Å². The maximum atomic E-state index is 11.1. The molecule has 9 heteroatoms. The van der Waals surface area contributed by atoms with Gasteiger partial charge in [0.15, 0.2) is 0 Å². The summed E-state index contributed by atoms with van der Waals surface area (Å²) < 4.78 is 66.6. The highest BCUT2D eigenvalue weighted by Gasteiger charge is 2.21. The average molecular weight is 278 g/mol. The number of rotatable bonds is 2. The first-order chi connectivity index (χ1) is 7.69. The van der Waals surface area contributed by atoms with Crippen LogP contribution in [0.15, 0.2) is 38.7 Å². The Balaban J connectivity index is 2.96. The molecule has 0 fully saturated rings. The molecular weight excluding hydrogens is 272 g/mol. The summed E-state index contributed by atoms with van der Waals surface area (Å²) in [4.78, 5) is -1.32. The number of hydrogen-bond acceptors (Lipinski definition) is 5. The minimum atomic E-state index is -4.62. The third-order valence-corrected chi connectivity index (χ3v) is 3.81. The molecule has 1 aromatic heterocycles. The van der Waals surface area contributed by atoms with Crippen LogP contribution in [-0.4, -0.2) is 25.9 Å². The lowest BCUT2D eigenvalue weighted by atomic mass is 10.2. The fourth-order valence-corrected chi connectivity index (χ4v) is 2.70. The Morgan fingerprint density at radius 1 is 1.00 bits per heavy atom. The van der Waals surface area contributed by atoms with Crippen molar-refractivity contribution in [1.29, 1.82) is 0 Å². The molecule has 7 nitrogen and oxygen atoms in total. The van der Waals surface area contributed by atoms with Gasteiger partial charge in [-0.2, -0.15) is 16.8 Å². The first-order valence-corrected chi connectivity index (χ1v) is 7.04. The van der Waals surface area contributed by atoms with Gasteiger partial charge in [-0.1, -0.05) is 0 Å². The highest BCUT2D eigenvalue weighted by Crippen LogP contribution is 2.27. The monoisotopic (exact) mass is 278 g/mol. The fraction of sp³-hybridized carbons (Fsp3) is 0. The van der Waals surface area contributed by atoms with Crippen molar-refractivity contribution in [3.8, 4) is 0 Å². The van der Waals surface area contributed by atoms with Gasteiger partial charge >= 0.3 is 0 Å². The molecule has 0 amide bonds. The number of furan rings is 1. The molecule has 1 heterocycles. The molecule has 0 bridgehead atoms. The predicted octanol–water partition coefficient (Wildman–Crippen LogP) is 0.926. The molecule has 2 N–H and O–H groups in total. The Bertz CT molecular complexity index is 782. The molecule has 0 saturated carbocycles. The predicted molar refractivity (Wildman–Crippen MR) is 55.8 cm³/mol. The summed E-state index contributed by atoms with van der Waals surface area (Å²) in [5.41, 5.74) is -0.0762. The van der Waals surface area contributed by atoms with Gasteiger partial charge in [0.05, 0.1) is 11.2 Å². The minimum Gasteiger partial charge on any atom is -0.464 e. The molecule has 0 spiro atoms. The number of hydrogen-bond donors (Lipinski definition) is 2. The van der Waals surface area contributed by atoms with Crippen LogP contribution in [0.1, 0.15) is 0 Å². The zero-order chi connectivity index (χ0) is 12.8. The van der Waals surface area contributed by atoms with E-state index >= 15 is 0 Å². The Morgan fingerprint density at radius 2 is 1.65 bits per heavy atom. The highest BCUT2D eigenvalue weighted by molar-refractivity contribution is 7.86. The molecule has 0 saturated heterocycles. The van der Waals surface area contributed by atoms with E-state index in [2.05, 4.69) is 0 Å². The van der Waals surface area contributed by atoms with Crippen LogP contribution in [0.4, 0.5) is 0 Å². The Morgan fingerprint density at radius 3 is 2.18 bits per heavy atom. The van der Waals surface area contributed by atoms with E-state index in [0.717, 1.165) is 12.3 Å². The Labute approximate surface area is 96.2 Å². The molecule has 0 unspecified atom stereocenters. The summed E-state index contributed by atoms with van der Waals surface area (Å²) in [7, 11) is -9.21. The molecule has 0 aliphatic heterocycles. The summed E-state index contributed by atoms with van der Waals surface area (Å²) in [6, 6.07) is 2.87. The van der Waals surface area contributed by atoms with Crippen LogP contribution in [0.3, 0.4) is 0 Å². The summed E-state index contributed by atoms with van der Waals surface area (Å²) in [6.45, 7) is 0. The van der Waals surface area contributed by atoms with Gasteiger partial charge < -0.3 is 4.42 Å². The standard InChI is InChI=1S/C8H6O7S2/c9-16(10,11)5-3-7-6(1-2-15-7)8(4-5)17(12,13)14/h1-4H,(H,9,10,11)(H,12,13,14). The van der Waals surface area contributed by atoms with E-state index in [0.29, 0.717) is 6.07 Å². The normalized spacial score (nSPS) is 13.1. The van der Waals surface area contributed by atoms with Crippen molar-refractivity contribution in [3.63, 3.8) is 0 Å². The summed E-state index contributed by atoms with van der Waals surface area (Å²) in [5.74, 6) is 0. The molecular formula is C8H6O7S2. The Hall–Kier alpha value is -1.42. The second-order valence-electron chi connectivity index (χ2n) is 3.20. The Kier molecular flexibility index (Phi) is 2.51. The lowest BCUT2D eigenvalue weighted by molar-refractivity contribution is 0.481. The van der Waals surface area contributed by atoms with Gasteiger partial charge in [-0.3, -0.25) is 9.11 Å². The van der Waals surface area contributed by atoms with E-state index in [1.165, 1.54) is 6.07 Å². The van der Waals surface area contributed by atoms with Crippen molar-refractivity contribution >= 4 is 31.2 Å². The molecule has 0 aliphatic rings. The molecule has 2 rings (SSSR count). The molecule has 17 heavy (non-hydrogen) atoms. The van der Waals surface area contributed by atoms with E-state index < -0.39 is 30.0 Å². The lowest BCUT2D eigenvalue weighted by Crippen LogP contribution is -2.03. The summed E-state index contributed by atoms with van der Waals surface area (Å²) in [6.07, 6.45) is 1.13. The van der Waals surface area contributed by atoms with Crippen LogP contribution in [0.5, 0.6) is 0 Å². The van der Waals surface area contributed by atoms with Crippen LogP contribution in [0, 0.1) is 0 Å². The van der Waals surface area contributed by atoms with Gasteiger partial charge in [0.2, 0.25) is 0 Å². The number of fused-ring (bicyclic) bond motifs is 1. The first kappa shape index (κ1) is 12.0. The van der Waals surface area contributed by atoms with Crippen molar-refractivity contribution in [3.05, 3.63) is 24.5 Å². The quantitative estimate of drug-likeness (QED) is 0.783. The number of benzene rings is 1. The van der Waals surface area contributed by atoms with Gasteiger partial charge in [0, 0.05) is 11.5 Å². The van der Waals surface area contributed by atoms with Crippen molar-refractivity contribution in [2.45, 2.75) is 9.79 Å². The SMILES string of the molecule is O=S(=O)(O)c1cc(S(=O)(=O)O)c2ccoc2c1. The van der Waals surface area contributed by atoms with Crippen molar-refractivity contribution < 1.29 is 30.4 Å². The zero-order valence-electron chi connectivity index (χ0n) is 8.06. The van der Waals surface area contributed by atoms with Crippen LogP contribution in [-0.2, 0) is 20.2 Å². The second kappa shape index (κ2) is 3.53. The van der Waals surface area contributed by atoms with Gasteiger partial charge in [0.25, 0.3) is 20.2 Å². The van der Waals surface area contributed by atoms with Crippen LogP contribution < -0.4 is 0 Å². The smallest absolute Gasteiger partial charge is 0.295 e. The van der Waals surface area contributed by atoms with E-state index in [1.54, 1.807) is 0 Å². The first-order valence-electron chi connectivity index (χ1n) is 4.16. The van der Waals surface area contributed by atoms with E-state index in [4.69, 9.17) is 13.5 Å². The molecule has 0 radical (unpaired) electrons. The van der Waals surface area contributed by atoms with E-state index in [-0.39, 0.29) is 11.0 Å². The van der Waals surface area contributed by atoms with Gasteiger partial charge in [-0.25, -0.2) is 0 Å². The second-order valence-corrected chi connectivity index (χ2v) is 6.02. The molecule has 1 aromatic carbocycles. The van der Waals surface area contributed by atoms with Crippen molar-refractivity contribution in [2.24, 2.45) is 0 Å². The van der Waals surface area contributed by atoms with Crippen molar-refractivity contribution in [2.75, 3.05) is 0 Å². The van der Waals surface area contributed by atoms with Crippen LogP contribution in [0.2, 0.25) is 0 Å². The third-order valence-electron chi connectivity index (χ3n) is 2.08. The lowest BCUT2D eigenvalue weighted by Gasteiger charge is -2.02. The van der Waals surface area contributed by atoms with Gasteiger partial charge in [0.1, 0.15) is 10.5 Å². The fourth-order valence-electron chi connectivity index (χ4n) is 1.38. The molecule has 0 atom stereocenters. The third kappa shape index (κ3) is 2.17. The molecule has 2 aromatic rings. The van der Waals surface area contributed by atoms with Crippen LogP contribution >= 0.6 is 0 Å².